The highest BCUT2D eigenvalue weighted by Gasteiger charge is 2.26. The average molecular weight is 527 g/mol. The first-order valence-corrected chi connectivity index (χ1v) is 13.1. The van der Waals surface area contributed by atoms with E-state index >= 15 is 0 Å². The van der Waals surface area contributed by atoms with Gasteiger partial charge >= 0.3 is 0 Å². The largest absolute Gasteiger partial charge is 0.494 e. The van der Waals surface area contributed by atoms with Crippen molar-refractivity contribution in [1.29, 1.82) is 0 Å². The Labute approximate surface area is 228 Å². The van der Waals surface area contributed by atoms with Crippen LogP contribution < -0.4 is 20.3 Å². The zero-order chi connectivity index (χ0) is 27.5. The summed E-state index contributed by atoms with van der Waals surface area (Å²) >= 11 is 0. The Bertz CT molecular complexity index is 1510. The number of nitrogens with zero attached hydrogens (tertiary/aromatic N) is 6. The van der Waals surface area contributed by atoms with Gasteiger partial charge in [-0.2, -0.15) is 5.10 Å². The quantitative estimate of drug-likeness (QED) is 0.325. The second-order valence-electron chi connectivity index (χ2n) is 9.64. The van der Waals surface area contributed by atoms with Gasteiger partial charge in [0.05, 0.1) is 41.6 Å². The van der Waals surface area contributed by atoms with Crippen molar-refractivity contribution >= 4 is 39.7 Å². The third-order valence-corrected chi connectivity index (χ3v) is 7.24. The summed E-state index contributed by atoms with van der Waals surface area (Å²) in [7, 11) is 3.56. The summed E-state index contributed by atoms with van der Waals surface area (Å²) in [5.41, 5.74) is 5.04. The number of fused-ring (bicyclic) bond motifs is 1. The number of methoxy groups -OCH3 is 1. The summed E-state index contributed by atoms with van der Waals surface area (Å²) < 4.78 is 7.63. The molecule has 0 aliphatic carbocycles. The van der Waals surface area contributed by atoms with Crippen LogP contribution >= 0.6 is 0 Å². The molecular formula is C29H34N8O2. The summed E-state index contributed by atoms with van der Waals surface area (Å²) in [5, 5.41) is 11.7. The van der Waals surface area contributed by atoms with Crippen LogP contribution in [0.15, 0.2) is 61.6 Å². The van der Waals surface area contributed by atoms with Crippen molar-refractivity contribution in [1.82, 2.24) is 24.6 Å². The van der Waals surface area contributed by atoms with Gasteiger partial charge in [-0.1, -0.05) is 19.6 Å². The lowest BCUT2D eigenvalue weighted by Crippen LogP contribution is -2.51. The van der Waals surface area contributed by atoms with Gasteiger partial charge in [0.15, 0.2) is 0 Å². The van der Waals surface area contributed by atoms with Gasteiger partial charge < -0.3 is 20.3 Å². The Balaban J connectivity index is 1.47. The van der Waals surface area contributed by atoms with Crippen molar-refractivity contribution < 1.29 is 9.53 Å². The van der Waals surface area contributed by atoms with E-state index in [2.05, 4.69) is 62.0 Å². The molecule has 0 radical (unpaired) electrons. The van der Waals surface area contributed by atoms with Crippen molar-refractivity contribution in [2.45, 2.75) is 19.9 Å². The Kier molecular flexibility index (Phi) is 7.47. The number of carbonyl (C=O) groups excluding carboxylic acids is 1. The molecule has 3 heterocycles. The topological polar surface area (TPSA) is 100 Å². The predicted octanol–water partition coefficient (Wildman–Crippen LogP) is 4.44. The van der Waals surface area contributed by atoms with Gasteiger partial charge in [-0.25, -0.2) is 9.97 Å². The number of aromatic nitrogens is 4. The summed E-state index contributed by atoms with van der Waals surface area (Å²) in [6.07, 6.45) is 4.64. The van der Waals surface area contributed by atoms with Crippen molar-refractivity contribution in [3.05, 3.63) is 61.6 Å². The minimum absolute atomic E-state index is 0.275. The molecule has 4 aromatic rings. The monoisotopic (exact) mass is 526 g/mol. The molecule has 39 heavy (non-hydrogen) atoms. The molecule has 1 amide bonds. The summed E-state index contributed by atoms with van der Waals surface area (Å²) in [6, 6.07) is 12.2. The maximum Gasteiger partial charge on any atom is 0.247 e. The zero-order valence-corrected chi connectivity index (χ0v) is 22.8. The molecule has 10 heteroatoms. The Morgan fingerprint density at radius 1 is 1.18 bits per heavy atom. The van der Waals surface area contributed by atoms with Gasteiger partial charge in [0, 0.05) is 55.8 Å². The Morgan fingerprint density at radius 3 is 2.77 bits per heavy atom. The molecule has 1 fully saturated rings. The zero-order valence-electron chi connectivity index (χ0n) is 22.8. The molecule has 1 aliphatic rings. The Hall–Kier alpha value is -4.44. The maximum absolute atomic E-state index is 12.4. The van der Waals surface area contributed by atoms with E-state index in [1.165, 1.54) is 12.4 Å². The van der Waals surface area contributed by atoms with Gasteiger partial charge in [0.1, 0.15) is 17.9 Å². The SMILES string of the molecule is C=CC(=O)Nc1cc(Nc2cc(-c3ccc4c(cnn4C)c3)ncn2)c(OC)cc1N1CCN(CC)[C@@H](C)C1. The van der Waals surface area contributed by atoms with E-state index in [0.717, 1.165) is 54.0 Å². The molecule has 2 aromatic carbocycles. The van der Waals surface area contributed by atoms with Crippen LogP contribution in [-0.2, 0) is 11.8 Å². The first kappa shape index (κ1) is 26.2. The molecule has 202 valence electrons. The van der Waals surface area contributed by atoms with Crippen LogP contribution in [0, 0.1) is 0 Å². The van der Waals surface area contributed by atoms with Crippen LogP contribution in [0.25, 0.3) is 22.2 Å². The molecule has 2 N–H and O–H groups in total. The van der Waals surface area contributed by atoms with E-state index in [4.69, 9.17) is 4.74 Å². The summed E-state index contributed by atoms with van der Waals surface area (Å²) in [5.74, 6) is 0.968. The maximum atomic E-state index is 12.4. The van der Waals surface area contributed by atoms with E-state index in [-0.39, 0.29) is 5.91 Å². The summed E-state index contributed by atoms with van der Waals surface area (Å²) in [6.45, 7) is 11.7. The normalized spacial score (nSPS) is 15.8. The number of amides is 1. The number of likely N-dealkylation sites (N-methyl/N-ethyl adjacent to an activating group) is 1. The fourth-order valence-corrected chi connectivity index (χ4v) is 5.11. The van der Waals surface area contributed by atoms with Crippen LogP contribution in [0.3, 0.4) is 0 Å². The molecule has 0 spiro atoms. The van der Waals surface area contributed by atoms with Crippen LogP contribution in [0.4, 0.5) is 22.9 Å². The molecule has 1 atom stereocenters. The number of aryl methyl sites for hydroxylation is 1. The smallest absolute Gasteiger partial charge is 0.247 e. The second-order valence-corrected chi connectivity index (χ2v) is 9.64. The highest BCUT2D eigenvalue weighted by molar-refractivity contribution is 6.02. The van der Waals surface area contributed by atoms with Gasteiger partial charge in [-0.3, -0.25) is 14.4 Å². The predicted molar refractivity (Wildman–Crippen MR) is 156 cm³/mol. The van der Waals surface area contributed by atoms with Gasteiger partial charge in [-0.15, -0.1) is 0 Å². The average Bonchev–Trinajstić information content (AvgIpc) is 3.33. The first-order valence-electron chi connectivity index (χ1n) is 13.1. The minimum atomic E-state index is -0.275. The second kappa shape index (κ2) is 11.1. The van der Waals surface area contributed by atoms with Gasteiger partial charge in [0.25, 0.3) is 0 Å². The molecule has 2 aromatic heterocycles. The van der Waals surface area contributed by atoms with Crippen molar-refractivity contribution in [2.24, 2.45) is 7.05 Å². The third kappa shape index (κ3) is 5.42. The molecule has 1 saturated heterocycles. The number of hydrogen-bond acceptors (Lipinski definition) is 8. The van der Waals surface area contributed by atoms with Gasteiger partial charge in [-0.05, 0) is 37.7 Å². The third-order valence-electron chi connectivity index (χ3n) is 7.24. The van der Waals surface area contributed by atoms with Crippen molar-refractivity contribution in [2.75, 3.05) is 48.8 Å². The van der Waals surface area contributed by atoms with Gasteiger partial charge in [0.2, 0.25) is 5.91 Å². The molecule has 0 saturated carbocycles. The van der Waals surface area contributed by atoms with Crippen LogP contribution in [0.1, 0.15) is 13.8 Å². The van der Waals surface area contributed by atoms with E-state index in [1.54, 1.807) is 7.11 Å². The van der Waals surface area contributed by atoms with E-state index in [9.17, 15) is 4.79 Å². The number of nitrogens with one attached hydrogen (secondary N) is 2. The summed E-state index contributed by atoms with van der Waals surface area (Å²) in [4.78, 5) is 26.0. The molecule has 10 nitrogen and oxygen atoms in total. The number of ether oxygens (including phenoxy) is 1. The van der Waals surface area contributed by atoms with E-state index < -0.39 is 0 Å². The highest BCUT2D eigenvalue weighted by atomic mass is 16.5. The lowest BCUT2D eigenvalue weighted by Gasteiger charge is -2.41. The number of anilines is 4. The number of carbonyl (C=O) groups is 1. The molecule has 0 unspecified atom stereocenters. The number of hydrogen-bond donors (Lipinski definition) is 2. The molecule has 0 bridgehead atoms. The van der Waals surface area contributed by atoms with Crippen molar-refractivity contribution in [3.63, 3.8) is 0 Å². The number of rotatable bonds is 8. The number of benzene rings is 2. The van der Waals surface area contributed by atoms with E-state index in [0.29, 0.717) is 29.0 Å². The fourth-order valence-electron chi connectivity index (χ4n) is 5.11. The standard InChI is InChI=1S/C29H34N8O2/c1-6-29(38)34-23-13-24(27(39-5)15-26(23)37-11-10-36(7-2)19(3)17-37)33-28-14-22(30-18-31-28)20-8-9-25-21(12-20)16-32-35(25)4/h6,8-9,12-16,18-19H,1,7,10-11,17H2,2-5H3,(H,34,38)(H,30,31,33)/t19-/m0/s1. The Morgan fingerprint density at radius 2 is 2.03 bits per heavy atom. The minimum Gasteiger partial charge on any atom is -0.494 e. The first-order chi connectivity index (χ1) is 18.9. The van der Waals surface area contributed by atoms with E-state index in [1.807, 2.05) is 48.3 Å². The fraction of sp³-hybridized carbons (Fsp3) is 0.310. The lowest BCUT2D eigenvalue weighted by molar-refractivity contribution is -0.111. The van der Waals surface area contributed by atoms with Crippen LogP contribution in [0.5, 0.6) is 5.75 Å². The lowest BCUT2D eigenvalue weighted by atomic mass is 10.1. The highest BCUT2D eigenvalue weighted by Crippen LogP contribution is 2.39. The van der Waals surface area contributed by atoms with Crippen molar-refractivity contribution in [3.8, 4) is 17.0 Å². The van der Waals surface area contributed by atoms with Crippen LogP contribution in [0.2, 0.25) is 0 Å². The molecule has 1 aliphatic heterocycles. The molecular weight excluding hydrogens is 492 g/mol. The number of piperazine rings is 1. The molecule has 5 rings (SSSR count). The van der Waals surface area contributed by atoms with Crippen LogP contribution in [-0.4, -0.2) is 69.9 Å².